The van der Waals surface area contributed by atoms with Crippen LogP contribution in [0.25, 0.3) is 11.0 Å². The number of halogens is 1. The number of aromatic nitrogens is 4. The van der Waals surface area contributed by atoms with Gasteiger partial charge in [-0.05, 0) is 19.1 Å². The van der Waals surface area contributed by atoms with E-state index in [1.807, 2.05) is 18.2 Å². The molecule has 0 atom stereocenters. The standard InChI is InChI=1S/C15H13ClN4O2/c1-2-22-15(21)12-7-18-14-11(13(12)16)8-19-20(14)9-10-5-3-4-6-17-10/h3-8H,2,9H2,1H3. The quantitative estimate of drug-likeness (QED) is 0.692. The lowest BCUT2D eigenvalue weighted by Crippen LogP contribution is -2.07. The van der Waals surface area contributed by atoms with Crippen molar-refractivity contribution in [2.24, 2.45) is 0 Å². The third-order valence-electron chi connectivity index (χ3n) is 3.13. The summed E-state index contributed by atoms with van der Waals surface area (Å²) in [4.78, 5) is 20.4. The maximum Gasteiger partial charge on any atom is 0.341 e. The van der Waals surface area contributed by atoms with Crippen LogP contribution in [0.15, 0.2) is 36.8 Å². The molecule has 112 valence electrons. The molecule has 22 heavy (non-hydrogen) atoms. The molecule has 0 N–H and O–H groups in total. The zero-order chi connectivity index (χ0) is 15.5. The molecule has 3 aromatic rings. The van der Waals surface area contributed by atoms with E-state index in [0.29, 0.717) is 22.6 Å². The van der Waals surface area contributed by atoms with Crippen molar-refractivity contribution in [2.75, 3.05) is 6.61 Å². The van der Waals surface area contributed by atoms with Gasteiger partial charge in [-0.2, -0.15) is 5.10 Å². The fourth-order valence-electron chi connectivity index (χ4n) is 2.11. The van der Waals surface area contributed by atoms with Crippen molar-refractivity contribution in [2.45, 2.75) is 13.5 Å². The van der Waals surface area contributed by atoms with Gasteiger partial charge in [-0.1, -0.05) is 17.7 Å². The second kappa shape index (κ2) is 6.11. The summed E-state index contributed by atoms with van der Waals surface area (Å²) >= 11 is 6.28. The molecule has 0 unspecified atom stereocenters. The molecule has 3 aromatic heterocycles. The molecule has 0 aliphatic carbocycles. The third-order valence-corrected chi connectivity index (χ3v) is 3.54. The molecule has 0 saturated heterocycles. The first kappa shape index (κ1) is 14.5. The van der Waals surface area contributed by atoms with Gasteiger partial charge in [0.15, 0.2) is 5.65 Å². The average Bonchev–Trinajstić information content (AvgIpc) is 2.93. The molecular weight excluding hydrogens is 304 g/mol. The van der Waals surface area contributed by atoms with E-state index in [1.54, 1.807) is 24.0 Å². The minimum atomic E-state index is -0.487. The van der Waals surface area contributed by atoms with Crippen molar-refractivity contribution in [1.82, 2.24) is 19.7 Å². The van der Waals surface area contributed by atoms with Crippen molar-refractivity contribution in [3.05, 3.63) is 53.1 Å². The molecule has 3 rings (SSSR count). The van der Waals surface area contributed by atoms with E-state index in [0.717, 1.165) is 5.69 Å². The maximum absolute atomic E-state index is 11.8. The van der Waals surface area contributed by atoms with Crippen LogP contribution in [-0.2, 0) is 11.3 Å². The molecule has 0 saturated carbocycles. The van der Waals surface area contributed by atoms with Crippen LogP contribution in [0.2, 0.25) is 5.02 Å². The van der Waals surface area contributed by atoms with Crippen LogP contribution in [0.5, 0.6) is 0 Å². The highest BCUT2D eigenvalue weighted by Gasteiger charge is 2.17. The number of nitrogens with zero attached hydrogens (tertiary/aromatic N) is 4. The number of pyridine rings is 2. The zero-order valence-corrected chi connectivity index (χ0v) is 12.6. The predicted octanol–water partition coefficient (Wildman–Crippen LogP) is 2.70. The Morgan fingerprint density at radius 3 is 2.91 bits per heavy atom. The number of carbonyl (C=O) groups excluding carboxylic acids is 1. The van der Waals surface area contributed by atoms with Gasteiger partial charge in [-0.15, -0.1) is 0 Å². The van der Waals surface area contributed by atoms with Gasteiger partial charge < -0.3 is 4.74 Å². The van der Waals surface area contributed by atoms with E-state index < -0.39 is 5.97 Å². The highest BCUT2D eigenvalue weighted by Crippen LogP contribution is 2.26. The molecule has 0 aliphatic heterocycles. The summed E-state index contributed by atoms with van der Waals surface area (Å²) in [5, 5.41) is 5.19. The summed E-state index contributed by atoms with van der Waals surface area (Å²) in [6.45, 7) is 2.50. The number of fused-ring (bicyclic) bond motifs is 1. The first-order valence-electron chi connectivity index (χ1n) is 6.77. The minimum Gasteiger partial charge on any atom is -0.462 e. The molecule has 0 fully saturated rings. The van der Waals surface area contributed by atoms with Gasteiger partial charge in [0.2, 0.25) is 0 Å². The van der Waals surface area contributed by atoms with E-state index in [2.05, 4.69) is 15.1 Å². The van der Waals surface area contributed by atoms with Crippen molar-refractivity contribution in [3.63, 3.8) is 0 Å². The first-order chi connectivity index (χ1) is 10.7. The van der Waals surface area contributed by atoms with Crippen LogP contribution in [0.3, 0.4) is 0 Å². The van der Waals surface area contributed by atoms with Crippen molar-refractivity contribution in [3.8, 4) is 0 Å². The number of esters is 1. The monoisotopic (exact) mass is 316 g/mol. The van der Waals surface area contributed by atoms with Gasteiger partial charge in [0.05, 0.1) is 41.0 Å². The Labute approximate surface area is 131 Å². The van der Waals surface area contributed by atoms with Crippen molar-refractivity contribution < 1.29 is 9.53 Å². The Morgan fingerprint density at radius 1 is 1.32 bits per heavy atom. The molecule has 0 amide bonds. The number of hydrogen-bond acceptors (Lipinski definition) is 5. The average molecular weight is 317 g/mol. The second-order valence-electron chi connectivity index (χ2n) is 4.57. The SMILES string of the molecule is CCOC(=O)c1cnc2c(cnn2Cc2ccccn2)c1Cl. The lowest BCUT2D eigenvalue weighted by atomic mass is 10.2. The van der Waals surface area contributed by atoms with E-state index in [1.165, 1.54) is 6.20 Å². The Hall–Kier alpha value is -2.47. The molecule has 0 aromatic carbocycles. The Balaban J connectivity index is 1.99. The first-order valence-corrected chi connectivity index (χ1v) is 7.15. The molecule has 0 bridgehead atoms. The maximum atomic E-state index is 11.8. The highest BCUT2D eigenvalue weighted by atomic mass is 35.5. The Bertz CT molecular complexity index is 817. The lowest BCUT2D eigenvalue weighted by molar-refractivity contribution is 0.0526. The highest BCUT2D eigenvalue weighted by molar-refractivity contribution is 6.38. The zero-order valence-electron chi connectivity index (χ0n) is 11.9. The summed E-state index contributed by atoms with van der Waals surface area (Å²) in [5.41, 5.74) is 1.71. The largest absolute Gasteiger partial charge is 0.462 e. The molecule has 0 radical (unpaired) electrons. The second-order valence-corrected chi connectivity index (χ2v) is 4.94. The summed E-state index contributed by atoms with van der Waals surface area (Å²) in [6, 6.07) is 5.67. The van der Waals surface area contributed by atoms with Crippen LogP contribution in [0.1, 0.15) is 23.0 Å². The van der Waals surface area contributed by atoms with Crippen LogP contribution in [0.4, 0.5) is 0 Å². The molecule has 0 aliphatic rings. The van der Waals surface area contributed by atoms with Crippen molar-refractivity contribution in [1.29, 1.82) is 0 Å². The summed E-state index contributed by atoms with van der Waals surface area (Å²) in [7, 11) is 0. The van der Waals surface area contributed by atoms with Gasteiger partial charge in [-0.3, -0.25) is 4.98 Å². The van der Waals surface area contributed by atoms with Gasteiger partial charge >= 0.3 is 5.97 Å². The van der Waals surface area contributed by atoms with Crippen LogP contribution >= 0.6 is 11.6 Å². The van der Waals surface area contributed by atoms with Gasteiger partial charge in [0, 0.05) is 12.4 Å². The van der Waals surface area contributed by atoms with E-state index in [-0.39, 0.29) is 12.2 Å². The van der Waals surface area contributed by atoms with Crippen LogP contribution in [0, 0.1) is 0 Å². The van der Waals surface area contributed by atoms with Gasteiger partial charge in [-0.25, -0.2) is 14.5 Å². The number of hydrogen-bond donors (Lipinski definition) is 0. The molecule has 3 heterocycles. The van der Waals surface area contributed by atoms with E-state index in [4.69, 9.17) is 16.3 Å². The van der Waals surface area contributed by atoms with Gasteiger partial charge in [0.1, 0.15) is 0 Å². The number of rotatable bonds is 4. The summed E-state index contributed by atoms with van der Waals surface area (Å²) in [6.07, 6.45) is 4.73. The van der Waals surface area contributed by atoms with E-state index in [9.17, 15) is 4.79 Å². The Kier molecular flexibility index (Phi) is 4.02. The normalized spacial score (nSPS) is 10.8. The number of ether oxygens (including phenoxy) is 1. The molecule has 6 nitrogen and oxygen atoms in total. The molecular formula is C15H13ClN4O2. The van der Waals surface area contributed by atoms with Crippen LogP contribution < -0.4 is 0 Å². The lowest BCUT2D eigenvalue weighted by Gasteiger charge is -2.06. The van der Waals surface area contributed by atoms with Crippen molar-refractivity contribution >= 4 is 28.6 Å². The summed E-state index contributed by atoms with van der Waals surface area (Å²) in [5.74, 6) is -0.487. The molecule has 0 spiro atoms. The van der Waals surface area contributed by atoms with Crippen LogP contribution in [-0.4, -0.2) is 32.3 Å². The fraction of sp³-hybridized carbons (Fsp3) is 0.200. The fourth-order valence-corrected chi connectivity index (χ4v) is 2.37. The number of carbonyl (C=O) groups is 1. The molecule has 7 heteroatoms. The third kappa shape index (κ3) is 2.65. The topological polar surface area (TPSA) is 69.9 Å². The minimum absolute atomic E-state index is 0.244. The Morgan fingerprint density at radius 2 is 2.18 bits per heavy atom. The van der Waals surface area contributed by atoms with E-state index >= 15 is 0 Å². The predicted molar refractivity (Wildman–Crippen MR) is 81.8 cm³/mol. The van der Waals surface area contributed by atoms with Gasteiger partial charge in [0.25, 0.3) is 0 Å². The smallest absolute Gasteiger partial charge is 0.341 e. The summed E-state index contributed by atoms with van der Waals surface area (Å²) < 4.78 is 6.65.